The van der Waals surface area contributed by atoms with Gasteiger partial charge < -0.3 is 10.3 Å². The van der Waals surface area contributed by atoms with Crippen molar-refractivity contribution >= 4 is 29.0 Å². The van der Waals surface area contributed by atoms with Crippen molar-refractivity contribution in [3.8, 4) is 11.4 Å². The summed E-state index contributed by atoms with van der Waals surface area (Å²) in [5.41, 5.74) is 9.82. The lowest BCUT2D eigenvalue weighted by Crippen LogP contribution is -2.23. The van der Waals surface area contributed by atoms with Crippen LogP contribution in [0.15, 0.2) is 86.6 Å². The van der Waals surface area contributed by atoms with Crippen LogP contribution >= 0.6 is 0 Å². The van der Waals surface area contributed by atoms with Crippen LogP contribution in [0.1, 0.15) is 61.4 Å². The highest BCUT2D eigenvalue weighted by Gasteiger charge is 2.17. The summed E-state index contributed by atoms with van der Waals surface area (Å²) in [4.78, 5) is 12.2. The highest BCUT2D eigenvalue weighted by molar-refractivity contribution is 5.89. The van der Waals surface area contributed by atoms with E-state index in [0.717, 1.165) is 66.9 Å². The number of allylic oxidation sites excluding steroid dienone is 4. The number of anilines is 1. The molecule has 0 spiro atoms. The molecule has 0 radical (unpaired) electrons. The maximum Gasteiger partial charge on any atom is 0.116 e. The van der Waals surface area contributed by atoms with Gasteiger partial charge in [-0.05, 0) is 79.7 Å². The molecule has 4 aromatic heterocycles. The summed E-state index contributed by atoms with van der Waals surface area (Å²) in [6, 6.07) is 8.24. The first-order valence-electron chi connectivity index (χ1n) is 14.2. The van der Waals surface area contributed by atoms with Gasteiger partial charge in [0.15, 0.2) is 0 Å². The summed E-state index contributed by atoms with van der Waals surface area (Å²) >= 11 is 0. The van der Waals surface area contributed by atoms with Gasteiger partial charge in [0.1, 0.15) is 5.69 Å². The molecule has 0 amide bonds. The average Bonchev–Trinajstić information content (AvgIpc) is 3.59. The monoisotopic (exact) mass is 542 g/mol. The Bertz CT molecular complexity index is 1710. The Hall–Kier alpha value is -4.71. The highest BCUT2D eigenvalue weighted by atomic mass is 15.1. The fourth-order valence-electron chi connectivity index (χ4n) is 5.57. The normalized spacial score (nSPS) is 15.2. The van der Waals surface area contributed by atoms with E-state index in [1.54, 1.807) is 12.4 Å². The number of H-pyrrole nitrogens is 2. The van der Waals surface area contributed by atoms with Crippen molar-refractivity contribution in [2.75, 3.05) is 5.32 Å². The molecule has 1 aliphatic rings. The number of aromatic amines is 2. The Balaban J connectivity index is 1.47. The lowest BCUT2D eigenvalue weighted by molar-refractivity contribution is 0.405. The van der Waals surface area contributed by atoms with Crippen molar-refractivity contribution in [2.24, 2.45) is 5.92 Å². The molecular weight excluding hydrogens is 504 g/mol. The predicted molar refractivity (Wildman–Crippen MR) is 171 cm³/mol. The number of pyridine rings is 2. The molecule has 1 saturated carbocycles. The Morgan fingerprint density at radius 2 is 1.80 bits per heavy atom. The van der Waals surface area contributed by atoms with Crippen molar-refractivity contribution in [2.45, 2.75) is 46.0 Å². The van der Waals surface area contributed by atoms with Gasteiger partial charge in [0.05, 0.1) is 22.9 Å². The molecule has 4 aromatic rings. The van der Waals surface area contributed by atoms with Crippen LogP contribution in [0, 0.1) is 12.8 Å². The first-order chi connectivity index (χ1) is 20.0. The van der Waals surface area contributed by atoms with Crippen LogP contribution in [0.2, 0.25) is 0 Å². The number of nitrogens with zero attached hydrogens (tertiary/aromatic N) is 3. The van der Waals surface area contributed by atoms with Crippen molar-refractivity contribution in [3.05, 3.63) is 120 Å². The Morgan fingerprint density at radius 3 is 2.54 bits per heavy atom. The molecule has 208 valence electrons. The zero-order chi connectivity index (χ0) is 28.8. The maximum atomic E-state index is 4.70. The van der Waals surface area contributed by atoms with E-state index < -0.39 is 0 Å². The van der Waals surface area contributed by atoms with Crippen molar-refractivity contribution in [1.82, 2.24) is 25.1 Å². The Morgan fingerprint density at radius 1 is 1.02 bits per heavy atom. The third-order valence-electron chi connectivity index (χ3n) is 7.79. The molecular formula is C35H38N6. The molecule has 5 rings (SSSR count). The largest absolute Gasteiger partial charge is 0.358 e. The molecule has 0 saturated heterocycles. The standard InChI is InChI=1S/C35H38N6/c1-6-11-30(27-14-16-36-17-15-27)31-20-34(39-25(31)5)35-32(33(7-2)40-41-35)18-23(3)28-19-29(22-37-21-28)38-24(4)26-12-9-8-10-13-26/h6-7,11,14-22,26,38-40H,1,3-4,8-10,12-13H2,2,5H3/b30-11-,32-18+,33-7+. The van der Waals surface area contributed by atoms with Crippen LogP contribution in [0.4, 0.5) is 5.69 Å². The number of hydrogen-bond donors (Lipinski definition) is 3. The summed E-state index contributed by atoms with van der Waals surface area (Å²) in [5, 5.41) is 13.3. The van der Waals surface area contributed by atoms with Crippen molar-refractivity contribution in [3.63, 3.8) is 0 Å². The number of nitrogens with one attached hydrogen (secondary N) is 3. The van der Waals surface area contributed by atoms with E-state index in [4.69, 9.17) is 5.10 Å². The van der Waals surface area contributed by atoms with Gasteiger partial charge in [0, 0.05) is 46.3 Å². The van der Waals surface area contributed by atoms with Gasteiger partial charge in [-0.15, -0.1) is 0 Å². The second-order valence-corrected chi connectivity index (χ2v) is 10.6. The molecule has 0 atom stereocenters. The van der Waals surface area contributed by atoms with E-state index in [9.17, 15) is 0 Å². The summed E-state index contributed by atoms with van der Waals surface area (Å²) in [6.45, 7) is 16.7. The fourth-order valence-corrected chi connectivity index (χ4v) is 5.57. The fraction of sp³-hybridized carbons (Fsp3) is 0.229. The summed E-state index contributed by atoms with van der Waals surface area (Å²) in [6.07, 6.45) is 21.5. The van der Waals surface area contributed by atoms with Gasteiger partial charge in [0.25, 0.3) is 0 Å². The minimum absolute atomic E-state index is 0.521. The predicted octanol–water partition coefficient (Wildman–Crippen LogP) is 6.92. The van der Waals surface area contributed by atoms with Crippen LogP contribution in [0.25, 0.3) is 34.7 Å². The van der Waals surface area contributed by atoms with Crippen LogP contribution in [0.5, 0.6) is 0 Å². The first-order valence-corrected chi connectivity index (χ1v) is 14.2. The molecule has 0 bridgehead atoms. The summed E-state index contributed by atoms with van der Waals surface area (Å²) in [5.74, 6) is 0.521. The lowest BCUT2D eigenvalue weighted by Gasteiger charge is -2.24. The third kappa shape index (κ3) is 6.22. The lowest BCUT2D eigenvalue weighted by atomic mass is 9.87. The van der Waals surface area contributed by atoms with Crippen molar-refractivity contribution in [1.29, 1.82) is 0 Å². The van der Waals surface area contributed by atoms with Crippen LogP contribution in [-0.4, -0.2) is 25.1 Å². The average molecular weight is 543 g/mol. The maximum absolute atomic E-state index is 4.70. The van der Waals surface area contributed by atoms with E-state index in [1.165, 1.54) is 32.1 Å². The molecule has 41 heavy (non-hydrogen) atoms. The molecule has 6 heteroatoms. The summed E-state index contributed by atoms with van der Waals surface area (Å²) < 4.78 is 0. The van der Waals surface area contributed by atoms with E-state index in [1.807, 2.05) is 49.7 Å². The second-order valence-electron chi connectivity index (χ2n) is 10.6. The minimum Gasteiger partial charge on any atom is -0.358 e. The van der Waals surface area contributed by atoms with Crippen molar-refractivity contribution < 1.29 is 0 Å². The molecule has 4 heterocycles. The van der Waals surface area contributed by atoms with Gasteiger partial charge in [0.2, 0.25) is 0 Å². The molecule has 0 aliphatic heterocycles. The Kier molecular flexibility index (Phi) is 8.59. The number of hydrogen-bond acceptors (Lipinski definition) is 4. The van der Waals surface area contributed by atoms with E-state index in [0.29, 0.717) is 5.92 Å². The molecule has 0 aromatic carbocycles. The zero-order valence-corrected chi connectivity index (χ0v) is 24.0. The topological polar surface area (TPSA) is 82.3 Å². The highest BCUT2D eigenvalue weighted by Crippen LogP contribution is 2.31. The zero-order valence-electron chi connectivity index (χ0n) is 24.0. The SMILES string of the molecule is C=C/C=C(/c1ccncc1)c1cc(-c2n[nH]c(=C/C)/c2=C\C(=C)c2cncc(NC(=C)C3CCCCC3)c2)[nH]c1C. The van der Waals surface area contributed by atoms with E-state index in [2.05, 4.69) is 70.2 Å². The van der Waals surface area contributed by atoms with E-state index >= 15 is 0 Å². The van der Waals surface area contributed by atoms with Gasteiger partial charge in [-0.3, -0.25) is 15.1 Å². The first kappa shape index (κ1) is 27.8. The van der Waals surface area contributed by atoms with Gasteiger partial charge in [-0.2, -0.15) is 5.10 Å². The number of aromatic nitrogens is 5. The van der Waals surface area contributed by atoms with E-state index in [-0.39, 0.29) is 0 Å². The third-order valence-corrected chi connectivity index (χ3v) is 7.79. The smallest absolute Gasteiger partial charge is 0.116 e. The quantitative estimate of drug-likeness (QED) is 0.201. The summed E-state index contributed by atoms with van der Waals surface area (Å²) in [7, 11) is 0. The number of aryl methyl sites for hydroxylation is 1. The molecule has 1 aliphatic carbocycles. The molecule has 3 N–H and O–H groups in total. The minimum atomic E-state index is 0.521. The second kappa shape index (κ2) is 12.6. The molecule has 0 unspecified atom stereocenters. The van der Waals surface area contributed by atoms with Crippen LogP contribution < -0.4 is 15.9 Å². The van der Waals surface area contributed by atoms with Gasteiger partial charge >= 0.3 is 0 Å². The van der Waals surface area contributed by atoms with Crippen LogP contribution in [0.3, 0.4) is 0 Å². The van der Waals surface area contributed by atoms with Gasteiger partial charge in [-0.1, -0.05) is 57.2 Å². The molecule has 6 nitrogen and oxygen atoms in total. The molecule has 1 fully saturated rings. The van der Waals surface area contributed by atoms with Gasteiger partial charge in [-0.25, -0.2) is 0 Å². The number of rotatable bonds is 9. The van der Waals surface area contributed by atoms with Crippen LogP contribution in [-0.2, 0) is 0 Å². The Labute approximate surface area is 242 Å².